The Morgan fingerprint density at radius 1 is 0.714 bits per heavy atom. The van der Waals surface area contributed by atoms with E-state index in [0.717, 1.165) is 0 Å². The summed E-state index contributed by atoms with van der Waals surface area (Å²) in [5.74, 6) is 0. The van der Waals surface area contributed by atoms with Crippen LogP contribution in [0.2, 0.25) is 0 Å². The van der Waals surface area contributed by atoms with Gasteiger partial charge in [-0.1, -0.05) is 7.26 Å². The third-order valence-electron chi connectivity index (χ3n) is 0.339. The summed E-state index contributed by atoms with van der Waals surface area (Å²) >= 11 is 0. The van der Waals surface area contributed by atoms with Gasteiger partial charge in [0, 0.05) is 19.5 Å². The van der Waals surface area contributed by atoms with Crippen molar-refractivity contribution in [2.45, 2.75) is 0 Å². The van der Waals surface area contributed by atoms with Gasteiger partial charge in [-0.05, 0) is 0 Å². The fourth-order valence-corrected chi connectivity index (χ4v) is 2.20. The number of hydrogen-bond acceptors (Lipinski definition) is 8. The van der Waals surface area contributed by atoms with Gasteiger partial charge in [-0.3, -0.25) is 9.11 Å². The van der Waals surface area contributed by atoms with Crippen LogP contribution >= 0.6 is 0 Å². The molecule has 0 spiro atoms. The zero-order valence-electron chi connectivity index (χ0n) is 6.09. The molecule has 14 heavy (non-hydrogen) atoms. The van der Waals surface area contributed by atoms with Crippen molar-refractivity contribution >= 4 is 31.2 Å². The van der Waals surface area contributed by atoms with Gasteiger partial charge in [0.05, 0.1) is 0 Å². The molecule has 0 fully saturated rings. The smallest absolute Gasteiger partial charge is 0.263 e. The van der Waals surface area contributed by atoms with Crippen molar-refractivity contribution in [2.75, 3.05) is 0 Å². The average Bonchev–Trinajstić information content (AvgIpc) is 1.43. The summed E-state index contributed by atoms with van der Waals surface area (Å²) in [5, 5.41) is 0. The zero-order chi connectivity index (χ0) is 10.9. The number of hydrogen-bond donors (Lipinski definition) is 2. The molecule has 0 aliphatic heterocycles. The first-order valence-corrected chi connectivity index (χ1v) is 6.10. The van der Waals surface area contributed by atoms with Crippen LogP contribution in [0.5, 0.6) is 0 Å². The van der Waals surface area contributed by atoms with Gasteiger partial charge in [0.1, 0.15) is 0 Å². The summed E-state index contributed by atoms with van der Waals surface area (Å²) in [6, 6.07) is 0. The van der Waals surface area contributed by atoms with Crippen molar-refractivity contribution in [1.82, 2.24) is 0 Å². The molecule has 0 rings (SSSR count). The summed E-state index contributed by atoms with van der Waals surface area (Å²) in [4.78, 5) is 0. The van der Waals surface area contributed by atoms with E-state index in [1.807, 2.05) is 0 Å². The maximum Gasteiger partial charge on any atom is 0.432 e. The maximum atomic E-state index is 10.1. The van der Waals surface area contributed by atoms with Gasteiger partial charge in [0.25, 0.3) is 0 Å². The quantitative estimate of drug-likeness (QED) is 0.431. The second kappa shape index (κ2) is 4.89. The molecule has 2 N–H and O–H groups in total. The fourth-order valence-electron chi connectivity index (χ4n) is 0.222. The fraction of sp³-hybridized carbons (Fsp3) is 0. The second-order valence-corrected chi connectivity index (χ2v) is 5.02. The van der Waals surface area contributed by atoms with E-state index < -0.39 is 31.2 Å². The summed E-state index contributed by atoms with van der Waals surface area (Å²) in [6.07, 6.45) is 0. The largest absolute Gasteiger partial charge is 0.432 e. The van der Waals surface area contributed by atoms with Crippen molar-refractivity contribution in [3.05, 3.63) is 0 Å². The van der Waals surface area contributed by atoms with Gasteiger partial charge in [0.2, 0.25) is 0 Å². The molecule has 0 radical (unpaired) electrons. The van der Waals surface area contributed by atoms with Crippen LogP contribution in [0.1, 0.15) is 0 Å². The van der Waals surface area contributed by atoms with Crippen LogP contribution in [0.15, 0.2) is 0 Å². The standard InChI is InChI=1S/H2O10S3.Zn/c1-11(2,3)9-13(7,8)10-12(4,5)6;/h(H,1,2,3)(H,4,5,6);. The van der Waals surface area contributed by atoms with Crippen LogP contribution in [-0.4, -0.2) is 34.4 Å². The summed E-state index contributed by atoms with van der Waals surface area (Å²) < 4.78 is 80.2. The third-order valence-corrected chi connectivity index (χ3v) is 3.05. The maximum absolute atomic E-state index is 10.1. The van der Waals surface area contributed by atoms with Crippen molar-refractivity contribution in [2.24, 2.45) is 0 Å². The molecule has 0 atom stereocenters. The van der Waals surface area contributed by atoms with E-state index in [4.69, 9.17) is 9.11 Å². The molecule has 0 aromatic rings. The topological polar surface area (TPSA) is 161 Å². The molecule has 10 nitrogen and oxygen atoms in total. The van der Waals surface area contributed by atoms with Gasteiger partial charge in [0.15, 0.2) is 0 Å². The first kappa shape index (κ1) is 16.7. The number of rotatable bonds is 4. The Balaban J connectivity index is 0. The molecule has 0 saturated carbocycles. The van der Waals surface area contributed by atoms with E-state index in [9.17, 15) is 25.3 Å². The molecule has 0 saturated heterocycles. The monoisotopic (exact) mass is 322 g/mol. The summed E-state index contributed by atoms with van der Waals surface area (Å²) in [5.41, 5.74) is 0. The SMILES string of the molecule is O=S(=O)(O)OS(=O)(=O)OS(=O)(=O)O.[Zn]. The summed E-state index contributed by atoms with van der Waals surface area (Å²) in [6.45, 7) is 0. The molecule has 0 aliphatic rings. The molecule has 14 heteroatoms. The minimum atomic E-state index is -5.57. The Bertz CT molecular complexity index is 419. The molecule has 82 valence electrons. The predicted octanol–water partition coefficient (Wildman–Crippen LogP) is -2.13. The second-order valence-electron chi connectivity index (χ2n) is 1.40. The van der Waals surface area contributed by atoms with E-state index in [-0.39, 0.29) is 19.5 Å². The molecular weight excluding hydrogens is 322 g/mol. The zero-order valence-corrected chi connectivity index (χ0v) is 11.5. The van der Waals surface area contributed by atoms with E-state index >= 15 is 0 Å². The molecule has 0 unspecified atom stereocenters. The minimum absolute atomic E-state index is 0. The van der Waals surface area contributed by atoms with Crippen molar-refractivity contribution in [1.29, 1.82) is 0 Å². The van der Waals surface area contributed by atoms with Crippen LogP contribution in [0.25, 0.3) is 0 Å². The van der Waals surface area contributed by atoms with E-state index in [1.165, 1.54) is 0 Å². The Hall–Kier alpha value is 0.313. The Labute approximate surface area is 92.2 Å². The van der Waals surface area contributed by atoms with E-state index in [1.54, 1.807) is 0 Å². The molecule has 0 aliphatic carbocycles. The van der Waals surface area contributed by atoms with Gasteiger partial charge in [-0.25, -0.2) is 0 Å². The van der Waals surface area contributed by atoms with E-state index in [0.29, 0.717) is 0 Å². The molecule has 0 heterocycles. The minimum Gasteiger partial charge on any atom is -0.263 e. The molecule has 0 aromatic carbocycles. The van der Waals surface area contributed by atoms with Crippen LogP contribution < -0.4 is 0 Å². The van der Waals surface area contributed by atoms with Crippen molar-refractivity contribution < 1.29 is 61.1 Å². The Morgan fingerprint density at radius 2 is 0.929 bits per heavy atom. The molecular formula is H2O10S3Zn. The normalized spacial score (nSPS) is 13.3. The molecule has 0 bridgehead atoms. The first-order valence-electron chi connectivity index (χ1n) is 2.03. The van der Waals surface area contributed by atoms with Crippen LogP contribution in [0.3, 0.4) is 0 Å². The van der Waals surface area contributed by atoms with Gasteiger partial charge >= 0.3 is 31.2 Å². The third kappa shape index (κ3) is 10.4. The first-order chi connectivity index (χ1) is 5.41. The summed E-state index contributed by atoms with van der Waals surface area (Å²) in [7, 11) is -16.5. The van der Waals surface area contributed by atoms with Crippen molar-refractivity contribution in [3.8, 4) is 0 Å². The Kier molecular flexibility index (Phi) is 5.85. The van der Waals surface area contributed by atoms with E-state index in [2.05, 4.69) is 7.26 Å². The Morgan fingerprint density at radius 3 is 1.07 bits per heavy atom. The van der Waals surface area contributed by atoms with Crippen molar-refractivity contribution in [3.63, 3.8) is 0 Å². The van der Waals surface area contributed by atoms with Gasteiger partial charge in [-0.2, -0.15) is 25.3 Å². The van der Waals surface area contributed by atoms with Crippen LogP contribution in [0, 0.1) is 0 Å². The van der Waals surface area contributed by atoms with Crippen LogP contribution in [-0.2, 0) is 57.9 Å². The van der Waals surface area contributed by atoms with Gasteiger partial charge in [-0.15, -0.1) is 0 Å². The molecule has 0 amide bonds. The van der Waals surface area contributed by atoms with Crippen LogP contribution in [0.4, 0.5) is 0 Å². The average molecular weight is 324 g/mol. The molecule has 0 aromatic heterocycles. The predicted molar refractivity (Wildman–Crippen MR) is 34.2 cm³/mol. The van der Waals surface area contributed by atoms with Gasteiger partial charge < -0.3 is 0 Å².